The van der Waals surface area contributed by atoms with Crippen LogP contribution in [0.25, 0.3) is 22.3 Å². The number of carbonyl (C=O) groups is 2. The second-order valence-electron chi connectivity index (χ2n) is 12.5. The van der Waals surface area contributed by atoms with Crippen molar-refractivity contribution in [3.63, 3.8) is 0 Å². The van der Waals surface area contributed by atoms with Crippen LogP contribution in [0.15, 0.2) is 127 Å². The number of hydrogen-bond acceptors (Lipinski definition) is 8. The highest BCUT2D eigenvalue weighted by atomic mass is 31.2. The fourth-order valence-corrected chi connectivity index (χ4v) is 9.59. The van der Waals surface area contributed by atoms with Gasteiger partial charge in [-0.1, -0.05) is 72.8 Å². The van der Waals surface area contributed by atoms with Crippen LogP contribution in [-0.2, 0) is 9.26 Å². The molecule has 10 heteroatoms. The summed E-state index contributed by atoms with van der Waals surface area (Å²) in [5, 5.41) is 0.952. The van der Waals surface area contributed by atoms with Gasteiger partial charge in [-0.3, -0.25) is 4.67 Å². The second kappa shape index (κ2) is 13.8. The minimum atomic E-state index is -2.17. The van der Waals surface area contributed by atoms with Gasteiger partial charge in [-0.05, 0) is 97.6 Å². The van der Waals surface area contributed by atoms with Gasteiger partial charge in [-0.25, -0.2) is 9.59 Å². The molecular weight excluding hydrogens is 692 g/mol. The van der Waals surface area contributed by atoms with Crippen molar-refractivity contribution in [2.75, 3.05) is 11.8 Å². The monoisotopic (exact) mass is 725 g/mol. The predicted octanol–water partition coefficient (Wildman–Crippen LogP) is 10.8. The summed E-state index contributed by atoms with van der Waals surface area (Å²) in [5.74, 6) is 0.413. The number of anilines is 2. The Balaban J connectivity index is 1.29. The van der Waals surface area contributed by atoms with Crippen molar-refractivity contribution in [1.29, 1.82) is 0 Å². The molecule has 2 aliphatic heterocycles. The van der Waals surface area contributed by atoms with Crippen LogP contribution in [0.3, 0.4) is 0 Å². The van der Waals surface area contributed by atoms with E-state index in [0.29, 0.717) is 28.1 Å². The molecule has 52 heavy (non-hydrogen) atoms. The highest BCUT2D eigenvalue weighted by molar-refractivity contribution is 7.57. The first kappa shape index (κ1) is 33.5. The molecule has 0 radical (unpaired) electrons. The van der Waals surface area contributed by atoms with E-state index in [9.17, 15) is 9.59 Å². The Bertz CT molecular complexity index is 2360. The molecule has 2 unspecified atom stereocenters. The number of carbonyl (C=O) groups excluding carboxylic acids is 2. The molecule has 6 aromatic carbocycles. The standard InChI is InChI=1S/C42H33NO7P2/c1-26-22-28(3)39(48-51-38-21-13-10-17-31(38)30-16-9-12-20-37(30)47-51)33(23-26)34-24-27(2)25-35(41(44)46-4)40(34)49-52-43(29-14-6-5-7-15-29)36-19-11-8-18-32(36)42(45)50-52/h5-25H,1-4H3. The van der Waals surface area contributed by atoms with E-state index in [1.165, 1.54) is 7.11 Å². The van der Waals surface area contributed by atoms with Crippen LogP contribution in [0.4, 0.5) is 11.4 Å². The Labute approximate surface area is 304 Å². The Morgan fingerprint density at radius 3 is 2.04 bits per heavy atom. The zero-order chi connectivity index (χ0) is 35.9. The van der Waals surface area contributed by atoms with Crippen LogP contribution >= 0.6 is 16.9 Å². The summed E-state index contributed by atoms with van der Waals surface area (Å²) in [7, 11) is -2.46. The largest absolute Gasteiger partial charge is 0.465 e. The molecule has 0 bridgehead atoms. The first-order valence-electron chi connectivity index (χ1n) is 16.6. The zero-order valence-electron chi connectivity index (χ0n) is 28.8. The van der Waals surface area contributed by atoms with Crippen LogP contribution in [0.2, 0.25) is 0 Å². The van der Waals surface area contributed by atoms with Crippen molar-refractivity contribution >= 4 is 45.5 Å². The van der Waals surface area contributed by atoms with Gasteiger partial charge in [0.1, 0.15) is 17.1 Å². The van der Waals surface area contributed by atoms with E-state index >= 15 is 0 Å². The smallest absolute Gasteiger partial charge is 0.424 e. The lowest BCUT2D eigenvalue weighted by Gasteiger charge is -2.35. The molecule has 2 atom stereocenters. The number of nitrogens with zero attached hydrogens (tertiary/aromatic N) is 1. The van der Waals surface area contributed by atoms with Crippen molar-refractivity contribution < 1.29 is 32.4 Å². The quantitative estimate of drug-likeness (QED) is 0.119. The lowest BCUT2D eigenvalue weighted by Crippen LogP contribution is -2.25. The SMILES string of the molecule is COC(=O)c1cc(C)cc(-c2cc(C)cc(C)c2OP2Oc3ccccc3-c3ccccc32)c1OP1OC(=O)c2ccccc2N1c1ccccc1. The summed E-state index contributed by atoms with van der Waals surface area (Å²) in [5.41, 5.74) is 7.96. The van der Waals surface area contributed by atoms with Gasteiger partial charge in [-0.15, -0.1) is 0 Å². The van der Waals surface area contributed by atoms with Crippen molar-refractivity contribution in [3.8, 4) is 39.5 Å². The molecule has 6 aromatic rings. The van der Waals surface area contributed by atoms with Crippen molar-refractivity contribution in [2.45, 2.75) is 20.8 Å². The number of para-hydroxylation sites is 3. The minimum absolute atomic E-state index is 0.187. The van der Waals surface area contributed by atoms with Crippen molar-refractivity contribution in [3.05, 3.63) is 155 Å². The average molecular weight is 726 g/mol. The normalized spacial score (nSPS) is 15.7. The van der Waals surface area contributed by atoms with Crippen LogP contribution < -0.4 is 23.5 Å². The number of fused-ring (bicyclic) bond motifs is 4. The van der Waals surface area contributed by atoms with E-state index in [0.717, 1.165) is 44.6 Å². The van der Waals surface area contributed by atoms with Gasteiger partial charge < -0.3 is 22.8 Å². The van der Waals surface area contributed by atoms with E-state index in [2.05, 4.69) is 12.1 Å². The fraction of sp³-hybridized carbons (Fsp3) is 0.0952. The molecule has 0 N–H and O–H groups in total. The number of methoxy groups -OCH3 is 1. The van der Waals surface area contributed by atoms with Gasteiger partial charge in [0.25, 0.3) is 0 Å². The third-order valence-corrected chi connectivity index (χ3v) is 11.8. The Kier molecular flexibility index (Phi) is 8.88. The maximum Gasteiger partial charge on any atom is 0.424 e. The number of esters is 1. The van der Waals surface area contributed by atoms with E-state index in [1.807, 2.05) is 123 Å². The lowest BCUT2D eigenvalue weighted by atomic mass is 9.95. The number of ether oxygens (including phenoxy) is 1. The number of hydrogen-bond donors (Lipinski definition) is 0. The first-order chi connectivity index (χ1) is 25.3. The molecule has 0 aromatic heterocycles. The third-order valence-electron chi connectivity index (χ3n) is 8.83. The molecular formula is C42H33NO7P2. The predicted molar refractivity (Wildman–Crippen MR) is 205 cm³/mol. The number of rotatable bonds is 7. The molecule has 2 aliphatic rings. The number of aryl methyl sites for hydroxylation is 3. The van der Waals surface area contributed by atoms with Gasteiger partial charge in [-0.2, -0.15) is 0 Å². The van der Waals surface area contributed by atoms with Gasteiger partial charge in [0.2, 0.25) is 0 Å². The lowest BCUT2D eigenvalue weighted by molar-refractivity contribution is 0.0598. The molecule has 0 fully saturated rings. The topological polar surface area (TPSA) is 83.5 Å². The fourth-order valence-electron chi connectivity index (χ4n) is 6.55. The maximum absolute atomic E-state index is 13.6. The van der Waals surface area contributed by atoms with E-state index in [4.69, 9.17) is 22.8 Å². The minimum Gasteiger partial charge on any atom is -0.465 e. The average Bonchev–Trinajstić information content (AvgIpc) is 3.16. The van der Waals surface area contributed by atoms with Crippen molar-refractivity contribution in [2.24, 2.45) is 0 Å². The number of benzene rings is 6. The molecule has 0 aliphatic carbocycles. The highest BCUT2D eigenvalue weighted by Gasteiger charge is 2.40. The zero-order valence-corrected chi connectivity index (χ0v) is 30.6. The van der Waals surface area contributed by atoms with Crippen molar-refractivity contribution in [1.82, 2.24) is 0 Å². The molecule has 258 valence electrons. The summed E-state index contributed by atoms with van der Waals surface area (Å²) in [6.45, 7) is 5.90. The Hall–Kier alpha value is -5.68. The van der Waals surface area contributed by atoms with Gasteiger partial charge >= 0.3 is 28.8 Å². The Morgan fingerprint density at radius 1 is 0.635 bits per heavy atom. The maximum atomic E-state index is 13.6. The molecule has 0 amide bonds. The molecule has 8 rings (SSSR count). The van der Waals surface area contributed by atoms with Crippen LogP contribution in [0, 0.1) is 20.8 Å². The summed E-state index contributed by atoms with van der Waals surface area (Å²) in [6, 6.07) is 40.6. The van der Waals surface area contributed by atoms with E-state index < -0.39 is 28.8 Å². The summed E-state index contributed by atoms with van der Waals surface area (Å²) < 4.78 is 33.6. The summed E-state index contributed by atoms with van der Waals surface area (Å²) in [4.78, 5) is 27.0. The molecule has 0 saturated carbocycles. The van der Waals surface area contributed by atoms with Crippen LogP contribution in [0.1, 0.15) is 37.4 Å². The van der Waals surface area contributed by atoms with E-state index in [1.54, 1.807) is 18.2 Å². The molecule has 0 saturated heterocycles. The summed E-state index contributed by atoms with van der Waals surface area (Å²) in [6.07, 6.45) is 0. The van der Waals surface area contributed by atoms with E-state index in [-0.39, 0.29) is 11.3 Å². The van der Waals surface area contributed by atoms with Crippen LogP contribution in [-0.4, -0.2) is 19.0 Å². The van der Waals surface area contributed by atoms with Crippen LogP contribution in [0.5, 0.6) is 17.2 Å². The first-order valence-corrected chi connectivity index (χ1v) is 18.9. The third kappa shape index (κ3) is 6.04. The second-order valence-corrected chi connectivity index (χ2v) is 15.1. The van der Waals surface area contributed by atoms with Gasteiger partial charge in [0.15, 0.2) is 5.75 Å². The van der Waals surface area contributed by atoms with Gasteiger partial charge in [0, 0.05) is 16.7 Å². The molecule has 2 heterocycles. The molecule has 8 nitrogen and oxygen atoms in total. The highest BCUT2D eigenvalue weighted by Crippen LogP contribution is 2.58. The van der Waals surface area contributed by atoms with Gasteiger partial charge in [0.05, 0.1) is 29.4 Å². The summed E-state index contributed by atoms with van der Waals surface area (Å²) >= 11 is 0. The Morgan fingerprint density at radius 2 is 1.27 bits per heavy atom. The molecule has 0 spiro atoms.